The van der Waals surface area contributed by atoms with Crippen molar-refractivity contribution in [3.63, 3.8) is 0 Å². The molecule has 0 aliphatic carbocycles. The number of carbonyl (C=O) groups is 1. The third kappa shape index (κ3) is 3.84. The molecule has 4 rings (SSSR count). The molecule has 1 N–H and O–H groups in total. The minimum absolute atomic E-state index is 0.0653. The molecule has 0 unspecified atom stereocenters. The van der Waals surface area contributed by atoms with Gasteiger partial charge in [-0.3, -0.25) is 14.9 Å². The lowest BCUT2D eigenvalue weighted by atomic mass is 10.1. The Balaban J connectivity index is 1.58. The summed E-state index contributed by atoms with van der Waals surface area (Å²) in [5.41, 5.74) is 5.21. The van der Waals surface area contributed by atoms with Gasteiger partial charge in [-0.25, -0.2) is 4.98 Å². The van der Waals surface area contributed by atoms with E-state index in [0.29, 0.717) is 28.2 Å². The number of benzene rings is 3. The maximum absolute atomic E-state index is 12.4. The average Bonchev–Trinajstić information content (AvgIpc) is 3.11. The SMILES string of the molecule is Cc1cc(C)cc(-c2nc3cc(NC(=O)c4ccc([N+](=O)[O-])cc4)ccc3o2)c1. The number of nitro groups is 1. The van der Waals surface area contributed by atoms with Crippen molar-refractivity contribution < 1.29 is 14.1 Å². The van der Waals surface area contributed by atoms with Crippen LogP contribution in [-0.4, -0.2) is 15.8 Å². The van der Waals surface area contributed by atoms with E-state index < -0.39 is 4.92 Å². The van der Waals surface area contributed by atoms with E-state index in [1.807, 2.05) is 26.0 Å². The van der Waals surface area contributed by atoms with Crippen LogP contribution in [0.2, 0.25) is 0 Å². The number of anilines is 1. The lowest BCUT2D eigenvalue weighted by Gasteiger charge is -2.04. The van der Waals surface area contributed by atoms with Crippen LogP contribution in [0.5, 0.6) is 0 Å². The normalized spacial score (nSPS) is 10.8. The van der Waals surface area contributed by atoms with E-state index in [-0.39, 0.29) is 11.6 Å². The van der Waals surface area contributed by atoms with Gasteiger partial charge >= 0.3 is 0 Å². The summed E-state index contributed by atoms with van der Waals surface area (Å²) < 4.78 is 5.86. The maximum atomic E-state index is 12.4. The average molecular weight is 387 g/mol. The second kappa shape index (κ2) is 7.20. The minimum atomic E-state index is -0.506. The van der Waals surface area contributed by atoms with Crippen LogP contribution in [0, 0.1) is 24.0 Å². The smallest absolute Gasteiger partial charge is 0.269 e. The molecule has 4 aromatic rings. The lowest BCUT2D eigenvalue weighted by Crippen LogP contribution is -2.11. The standard InChI is InChI=1S/C22H17N3O4/c1-13-9-14(2)11-16(10-13)22-24-19-12-17(5-8-20(19)29-22)23-21(26)15-3-6-18(7-4-15)25(27)28/h3-12H,1-2H3,(H,23,26). The molecule has 7 heteroatoms. The third-order valence-electron chi connectivity index (χ3n) is 4.45. The molecule has 0 bridgehead atoms. The van der Waals surface area contributed by atoms with Crippen LogP contribution in [-0.2, 0) is 0 Å². The molecule has 1 heterocycles. The first kappa shape index (κ1) is 18.4. The molecule has 7 nitrogen and oxygen atoms in total. The van der Waals surface area contributed by atoms with E-state index in [4.69, 9.17) is 4.42 Å². The first-order chi connectivity index (χ1) is 13.9. The third-order valence-corrected chi connectivity index (χ3v) is 4.45. The van der Waals surface area contributed by atoms with Crippen molar-refractivity contribution in [1.29, 1.82) is 0 Å². The number of non-ortho nitro benzene ring substituents is 1. The van der Waals surface area contributed by atoms with Gasteiger partial charge in [0, 0.05) is 28.9 Å². The first-order valence-corrected chi connectivity index (χ1v) is 8.94. The number of fused-ring (bicyclic) bond motifs is 1. The fraction of sp³-hybridized carbons (Fsp3) is 0.0909. The second-order valence-electron chi connectivity index (χ2n) is 6.84. The summed E-state index contributed by atoms with van der Waals surface area (Å²) in [5.74, 6) is 0.155. The molecule has 0 aliphatic rings. The fourth-order valence-corrected chi connectivity index (χ4v) is 3.16. The highest BCUT2D eigenvalue weighted by molar-refractivity contribution is 6.05. The largest absolute Gasteiger partial charge is 0.436 e. The number of aryl methyl sites for hydroxylation is 2. The molecule has 1 aromatic heterocycles. The molecule has 0 saturated carbocycles. The zero-order chi connectivity index (χ0) is 20.5. The molecular formula is C22H17N3O4. The van der Waals surface area contributed by atoms with E-state index in [0.717, 1.165) is 16.7 Å². The minimum Gasteiger partial charge on any atom is -0.436 e. The number of rotatable bonds is 4. The fourth-order valence-electron chi connectivity index (χ4n) is 3.16. The van der Waals surface area contributed by atoms with Crippen LogP contribution < -0.4 is 5.32 Å². The number of hydrogen-bond donors (Lipinski definition) is 1. The van der Waals surface area contributed by atoms with Gasteiger partial charge in [0.25, 0.3) is 11.6 Å². The van der Waals surface area contributed by atoms with Crippen molar-refractivity contribution in [3.05, 3.63) is 87.5 Å². The van der Waals surface area contributed by atoms with Gasteiger partial charge in [0.1, 0.15) is 5.52 Å². The quantitative estimate of drug-likeness (QED) is 0.380. The summed E-state index contributed by atoms with van der Waals surface area (Å²) in [4.78, 5) is 27.2. The van der Waals surface area contributed by atoms with Crippen LogP contribution >= 0.6 is 0 Å². The number of oxazole rings is 1. The lowest BCUT2D eigenvalue weighted by molar-refractivity contribution is -0.384. The van der Waals surface area contributed by atoms with E-state index >= 15 is 0 Å². The Labute approximate surface area is 166 Å². The van der Waals surface area contributed by atoms with E-state index in [1.165, 1.54) is 24.3 Å². The number of hydrogen-bond acceptors (Lipinski definition) is 5. The molecule has 0 atom stereocenters. The van der Waals surface area contributed by atoms with Crippen molar-refractivity contribution in [1.82, 2.24) is 4.98 Å². The molecule has 0 fully saturated rings. The van der Waals surface area contributed by atoms with Crippen molar-refractivity contribution in [2.24, 2.45) is 0 Å². The topological polar surface area (TPSA) is 98.3 Å². The predicted octanol–water partition coefficient (Wildman–Crippen LogP) is 5.27. The van der Waals surface area contributed by atoms with Gasteiger partial charge in [-0.2, -0.15) is 0 Å². The molecule has 144 valence electrons. The van der Waals surface area contributed by atoms with Crippen LogP contribution in [0.4, 0.5) is 11.4 Å². The van der Waals surface area contributed by atoms with E-state index in [9.17, 15) is 14.9 Å². The van der Waals surface area contributed by atoms with Crippen molar-refractivity contribution in [2.75, 3.05) is 5.32 Å². The van der Waals surface area contributed by atoms with Gasteiger partial charge in [0.05, 0.1) is 4.92 Å². The zero-order valence-electron chi connectivity index (χ0n) is 15.8. The number of nitrogens with one attached hydrogen (secondary N) is 1. The number of nitro benzene ring substituents is 1. The summed E-state index contributed by atoms with van der Waals surface area (Å²) in [7, 11) is 0. The van der Waals surface area contributed by atoms with Crippen molar-refractivity contribution in [3.8, 4) is 11.5 Å². The van der Waals surface area contributed by atoms with Crippen LogP contribution in [0.3, 0.4) is 0 Å². The summed E-state index contributed by atoms with van der Waals surface area (Å²) >= 11 is 0. The summed E-state index contributed by atoms with van der Waals surface area (Å²) in [6.07, 6.45) is 0. The number of nitrogens with zero attached hydrogens (tertiary/aromatic N) is 2. The Kier molecular flexibility index (Phi) is 4.56. The number of carbonyl (C=O) groups excluding carboxylic acids is 1. The highest BCUT2D eigenvalue weighted by atomic mass is 16.6. The Morgan fingerprint density at radius 2 is 1.69 bits per heavy atom. The molecule has 0 saturated heterocycles. The summed E-state index contributed by atoms with van der Waals surface area (Å²) in [5, 5.41) is 13.5. The monoisotopic (exact) mass is 387 g/mol. The van der Waals surface area contributed by atoms with Gasteiger partial charge in [-0.05, 0) is 56.3 Å². The van der Waals surface area contributed by atoms with Gasteiger partial charge in [0.2, 0.25) is 5.89 Å². The first-order valence-electron chi connectivity index (χ1n) is 8.94. The van der Waals surface area contributed by atoms with Crippen LogP contribution in [0.25, 0.3) is 22.6 Å². The zero-order valence-corrected chi connectivity index (χ0v) is 15.8. The molecule has 0 spiro atoms. The molecular weight excluding hydrogens is 370 g/mol. The van der Waals surface area contributed by atoms with Gasteiger partial charge in [0.15, 0.2) is 5.58 Å². The predicted molar refractivity (Wildman–Crippen MR) is 110 cm³/mol. The highest BCUT2D eigenvalue weighted by Crippen LogP contribution is 2.27. The Morgan fingerprint density at radius 3 is 2.34 bits per heavy atom. The Morgan fingerprint density at radius 1 is 1.00 bits per heavy atom. The number of aromatic nitrogens is 1. The number of amides is 1. The summed E-state index contributed by atoms with van der Waals surface area (Å²) in [6.45, 7) is 4.04. The molecule has 0 radical (unpaired) electrons. The van der Waals surface area contributed by atoms with E-state index in [2.05, 4.69) is 16.4 Å². The molecule has 0 aliphatic heterocycles. The van der Waals surface area contributed by atoms with Gasteiger partial charge < -0.3 is 9.73 Å². The maximum Gasteiger partial charge on any atom is 0.269 e. The second-order valence-corrected chi connectivity index (χ2v) is 6.84. The summed E-state index contributed by atoms with van der Waals surface area (Å²) in [6, 6.07) is 16.7. The van der Waals surface area contributed by atoms with Gasteiger partial charge in [-0.1, -0.05) is 17.2 Å². The van der Waals surface area contributed by atoms with Crippen molar-refractivity contribution in [2.45, 2.75) is 13.8 Å². The Bertz CT molecular complexity index is 1220. The molecule has 29 heavy (non-hydrogen) atoms. The van der Waals surface area contributed by atoms with Gasteiger partial charge in [-0.15, -0.1) is 0 Å². The van der Waals surface area contributed by atoms with Crippen LogP contribution in [0.1, 0.15) is 21.5 Å². The van der Waals surface area contributed by atoms with Crippen LogP contribution in [0.15, 0.2) is 65.1 Å². The Hall–Kier alpha value is -4.00. The molecule has 1 amide bonds. The van der Waals surface area contributed by atoms with Crippen molar-refractivity contribution >= 4 is 28.4 Å². The van der Waals surface area contributed by atoms with E-state index in [1.54, 1.807) is 18.2 Å². The highest BCUT2D eigenvalue weighted by Gasteiger charge is 2.13. The molecule has 3 aromatic carbocycles.